The van der Waals surface area contributed by atoms with Gasteiger partial charge in [-0.05, 0) is 89.9 Å². The van der Waals surface area contributed by atoms with Crippen LogP contribution in [0.1, 0.15) is 316 Å². The minimum atomic E-state index is -1.67. The van der Waals surface area contributed by atoms with E-state index in [1.165, 1.54) is 225 Å². The van der Waals surface area contributed by atoms with E-state index in [4.69, 9.17) is 9.47 Å². The Morgan fingerprint density at radius 1 is 0.425 bits per heavy atom. The van der Waals surface area contributed by atoms with Gasteiger partial charge in [0.1, 0.15) is 36.6 Å². The molecule has 0 aromatic carbocycles. The highest BCUT2D eigenvalue weighted by Gasteiger charge is 2.44. The molecule has 9 unspecified atom stereocenters. The van der Waals surface area contributed by atoms with Crippen LogP contribution in [-0.4, -0.2) is 110 Å². The van der Waals surface area contributed by atoms with Crippen LogP contribution in [0.5, 0.6) is 0 Å². The summed E-state index contributed by atoms with van der Waals surface area (Å²) in [5, 5.41) is 76.4. The van der Waals surface area contributed by atoms with Crippen molar-refractivity contribution in [2.75, 3.05) is 13.2 Å². The SMILES string of the molecule is CCCCCCCCCCCCC/C=C/CC/C=C/CC/C=C/CCCC(O)C(O)C(COC1OC(CO)C(O)C(O)C1O)NC(=O)C(O)CCCCCCCCCCCCCCC/C=C\CCCCCCCCCCCCCC. The van der Waals surface area contributed by atoms with Gasteiger partial charge in [0, 0.05) is 0 Å². The van der Waals surface area contributed by atoms with E-state index in [-0.39, 0.29) is 12.8 Å². The first-order valence-electron chi connectivity index (χ1n) is 34.0. The fourth-order valence-corrected chi connectivity index (χ4v) is 10.8. The van der Waals surface area contributed by atoms with Crippen molar-refractivity contribution in [3.63, 3.8) is 0 Å². The zero-order chi connectivity index (χ0) is 58.2. The third-order valence-electron chi connectivity index (χ3n) is 16.3. The highest BCUT2D eigenvalue weighted by atomic mass is 16.7. The first-order valence-corrected chi connectivity index (χ1v) is 34.0. The first kappa shape index (κ1) is 76.1. The number of aliphatic hydroxyl groups excluding tert-OH is 7. The van der Waals surface area contributed by atoms with Crippen LogP contribution in [0.25, 0.3) is 0 Å². The van der Waals surface area contributed by atoms with E-state index in [0.29, 0.717) is 19.3 Å². The molecule has 1 heterocycles. The van der Waals surface area contributed by atoms with Gasteiger partial charge in [-0.3, -0.25) is 4.79 Å². The minimum Gasteiger partial charge on any atom is -0.394 e. The van der Waals surface area contributed by atoms with Crippen molar-refractivity contribution in [2.24, 2.45) is 0 Å². The molecular formula is C69H129NO10. The lowest BCUT2D eigenvalue weighted by atomic mass is 9.98. The number of rotatable bonds is 59. The monoisotopic (exact) mass is 1130 g/mol. The predicted molar refractivity (Wildman–Crippen MR) is 335 cm³/mol. The van der Waals surface area contributed by atoms with Gasteiger partial charge in [0.15, 0.2) is 6.29 Å². The molecule has 11 nitrogen and oxygen atoms in total. The van der Waals surface area contributed by atoms with E-state index in [0.717, 1.165) is 44.9 Å². The average Bonchev–Trinajstić information content (AvgIpc) is 3.46. The van der Waals surface area contributed by atoms with Crippen molar-refractivity contribution in [1.29, 1.82) is 0 Å². The number of carbonyl (C=O) groups is 1. The van der Waals surface area contributed by atoms with Crippen LogP contribution in [0.4, 0.5) is 0 Å². The molecule has 470 valence electrons. The third-order valence-corrected chi connectivity index (χ3v) is 16.3. The molecule has 0 saturated carbocycles. The summed E-state index contributed by atoms with van der Waals surface area (Å²) >= 11 is 0. The minimum absolute atomic E-state index is 0.241. The van der Waals surface area contributed by atoms with E-state index in [9.17, 15) is 40.5 Å². The average molecular weight is 1130 g/mol. The maximum atomic E-state index is 13.2. The van der Waals surface area contributed by atoms with E-state index in [1.807, 2.05) is 0 Å². The van der Waals surface area contributed by atoms with Crippen molar-refractivity contribution in [2.45, 2.75) is 371 Å². The molecule has 11 heteroatoms. The molecular weight excluding hydrogens is 1000 g/mol. The number of hydrogen-bond donors (Lipinski definition) is 8. The summed E-state index contributed by atoms with van der Waals surface area (Å²) in [7, 11) is 0. The Bertz CT molecular complexity index is 1440. The lowest BCUT2D eigenvalue weighted by molar-refractivity contribution is -0.303. The van der Waals surface area contributed by atoms with Gasteiger partial charge in [-0.2, -0.15) is 0 Å². The molecule has 1 aliphatic heterocycles. The molecule has 80 heavy (non-hydrogen) atoms. The second-order valence-electron chi connectivity index (χ2n) is 23.9. The zero-order valence-electron chi connectivity index (χ0n) is 51.8. The third kappa shape index (κ3) is 44.6. The van der Waals surface area contributed by atoms with Crippen LogP contribution in [0.2, 0.25) is 0 Å². The molecule has 0 aromatic rings. The number of amides is 1. The molecule has 0 aromatic heterocycles. The zero-order valence-corrected chi connectivity index (χ0v) is 51.8. The quantitative estimate of drug-likeness (QED) is 0.0215. The fraction of sp³-hybridized carbons (Fsp3) is 0.870. The van der Waals surface area contributed by atoms with Gasteiger partial charge in [-0.25, -0.2) is 0 Å². The molecule has 1 amide bonds. The second kappa shape index (κ2) is 57.5. The van der Waals surface area contributed by atoms with Gasteiger partial charge < -0.3 is 50.5 Å². The molecule has 0 bridgehead atoms. The summed E-state index contributed by atoms with van der Waals surface area (Å²) in [6.07, 6.45) is 63.3. The van der Waals surface area contributed by atoms with Crippen LogP contribution in [0.3, 0.4) is 0 Å². The molecule has 9 atom stereocenters. The van der Waals surface area contributed by atoms with E-state index >= 15 is 0 Å². The Balaban J connectivity index is 2.25. The highest BCUT2D eigenvalue weighted by molar-refractivity contribution is 5.80. The van der Waals surface area contributed by atoms with Crippen molar-refractivity contribution >= 4 is 5.91 Å². The molecule has 0 spiro atoms. The van der Waals surface area contributed by atoms with E-state index < -0.39 is 74.2 Å². The van der Waals surface area contributed by atoms with Gasteiger partial charge in [0.2, 0.25) is 5.91 Å². The van der Waals surface area contributed by atoms with Gasteiger partial charge in [-0.1, -0.05) is 274 Å². The molecule has 1 fully saturated rings. The molecule has 0 aliphatic carbocycles. The lowest BCUT2D eigenvalue weighted by Crippen LogP contribution is -2.60. The molecule has 8 N–H and O–H groups in total. The summed E-state index contributed by atoms with van der Waals surface area (Å²) in [5.74, 6) is -0.709. The number of allylic oxidation sites excluding steroid dienone is 8. The molecule has 0 radical (unpaired) electrons. The van der Waals surface area contributed by atoms with E-state index in [2.05, 4.69) is 67.8 Å². The highest BCUT2D eigenvalue weighted by Crippen LogP contribution is 2.24. The maximum Gasteiger partial charge on any atom is 0.249 e. The van der Waals surface area contributed by atoms with Crippen LogP contribution < -0.4 is 5.32 Å². The van der Waals surface area contributed by atoms with Crippen LogP contribution in [0, 0.1) is 0 Å². The Labute approximate surface area is 491 Å². The Kier molecular flexibility index (Phi) is 54.7. The van der Waals surface area contributed by atoms with Gasteiger partial charge in [-0.15, -0.1) is 0 Å². The van der Waals surface area contributed by atoms with Crippen LogP contribution in [0.15, 0.2) is 48.6 Å². The number of ether oxygens (including phenoxy) is 2. The summed E-state index contributed by atoms with van der Waals surface area (Å²) in [4.78, 5) is 13.2. The fourth-order valence-electron chi connectivity index (χ4n) is 10.8. The number of unbranched alkanes of at least 4 members (excludes halogenated alkanes) is 39. The van der Waals surface area contributed by atoms with Crippen LogP contribution in [-0.2, 0) is 14.3 Å². The van der Waals surface area contributed by atoms with Crippen molar-refractivity contribution < 1.29 is 50.0 Å². The second-order valence-corrected chi connectivity index (χ2v) is 23.9. The van der Waals surface area contributed by atoms with Crippen LogP contribution >= 0.6 is 0 Å². The summed E-state index contributed by atoms with van der Waals surface area (Å²) in [6.45, 7) is 3.48. The van der Waals surface area contributed by atoms with Gasteiger partial charge >= 0.3 is 0 Å². The first-order chi connectivity index (χ1) is 39.2. The Morgan fingerprint density at radius 2 is 0.750 bits per heavy atom. The van der Waals surface area contributed by atoms with Crippen molar-refractivity contribution in [3.8, 4) is 0 Å². The standard InChI is InChI=1S/C69H129NO10/c1-3-5-7-9-11-13-15-17-19-21-23-25-27-29-30-31-32-33-35-37-39-41-43-45-47-49-51-53-55-57-62(73)68(78)70-60(59-79-69-67(77)66(76)65(75)63(58-71)80-69)64(74)61(72)56-54-52-50-48-46-44-42-40-38-36-34-28-26-24-22-20-18-16-14-12-10-8-6-4-2/h28-30,34,40,42,48,50,60-67,69,71-77H,3-27,31-33,35-39,41,43-47,49,51-59H2,1-2H3,(H,70,78)/b30-29-,34-28+,42-40+,50-48+. The summed E-state index contributed by atoms with van der Waals surface area (Å²) < 4.78 is 11.2. The number of aliphatic hydroxyl groups is 7. The topological polar surface area (TPSA) is 189 Å². The molecule has 1 aliphatic rings. The van der Waals surface area contributed by atoms with E-state index in [1.54, 1.807) is 0 Å². The lowest BCUT2D eigenvalue weighted by Gasteiger charge is -2.40. The summed E-state index contributed by atoms with van der Waals surface area (Å²) in [6, 6.07) is -1.20. The largest absolute Gasteiger partial charge is 0.394 e. The van der Waals surface area contributed by atoms with Gasteiger partial charge in [0.05, 0.1) is 25.4 Å². The molecule has 1 rings (SSSR count). The van der Waals surface area contributed by atoms with Crippen molar-refractivity contribution in [3.05, 3.63) is 48.6 Å². The predicted octanol–water partition coefficient (Wildman–Crippen LogP) is 16.0. The number of nitrogens with one attached hydrogen (secondary N) is 1. The van der Waals surface area contributed by atoms with Gasteiger partial charge in [0.25, 0.3) is 0 Å². The Hall–Kier alpha value is -1.93. The maximum absolute atomic E-state index is 13.2. The smallest absolute Gasteiger partial charge is 0.249 e. The number of carbonyl (C=O) groups excluding carboxylic acids is 1. The summed E-state index contributed by atoms with van der Waals surface area (Å²) in [5.41, 5.74) is 0. The van der Waals surface area contributed by atoms with Crippen molar-refractivity contribution in [1.82, 2.24) is 5.32 Å². The Morgan fingerprint density at radius 3 is 1.11 bits per heavy atom. The number of hydrogen-bond acceptors (Lipinski definition) is 10. The molecule has 1 saturated heterocycles. The normalized spacial score (nSPS) is 19.5.